The lowest BCUT2D eigenvalue weighted by atomic mass is 10.1. The minimum absolute atomic E-state index is 0.0472. The van der Waals surface area contributed by atoms with Crippen molar-refractivity contribution in [1.29, 1.82) is 0 Å². The highest BCUT2D eigenvalue weighted by Gasteiger charge is 2.49. The Morgan fingerprint density at radius 3 is 2.38 bits per heavy atom. The van der Waals surface area contributed by atoms with Crippen molar-refractivity contribution in [3.8, 4) is 11.3 Å². The van der Waals surface area contributed by atoms with Crippen molar-refractivity contribution in [3.63, 3.8) is 0 Å². The molecule has 0 aliphatic carbocycles. The number of carbonyl (C=O) groups is 1. The molecule has 4 rings (SSSR count). The summed E-state index contributed by atoms with van der Waals surface area (Å²) in [5.41, 5.74) is 0.0371. The number of nitrogens with one attached hydrogen (secondary N) is 1. The molecule has 0 bridgehead atoms. The second-order valence-corrected chi connectivity index (χ2v) is 10.2. The Morgan fingerprint density at radius 2 is 1.76 bits per heavy atom. The Hall–Kier alpha value is -3.52. The Kier molecular flexibility index (Phi) is 7.24. The third-order valence-corrected chi connectivity index (χ3v) is 7.90. The summed E-state index contributed by atoms with van der Waals surface area (Å²) in [6.45, 7) is 0.947. The van der Waals surface area contributed by atoms with Crippen LogP contribution in [0.15, 0.2) is 59.9 Å². The Balaban J connectivity index is 1.53. The zero-order valence-electron chi connectivity index (χ0n) is 19.2. The summed E-state index contributed by atoms with van der Waals surface area (Å²) in [5.74, 6) is -3.01. The molecular weight excluding hydrogens is 521 g/mol. The van der Waals surface area contributed by atoms with Gasteiger partial charge in [0.25, 0.3) is 0 Å². The van der Waals surface area contributed by atoms with Crippen LogP contribution in [0.1, 0.15) is 24.7 Å². The van der Waals surface area contributed by atoms with Gasteiger partial charge in [0.1, 0.15) is 18.0 Å². The number of hydrogen-bond donors (Lipinski definition) is 1. The van der Waals surface area contributed by atoms with E-state index in [2.05, 4.69) is 20.3 Å². The molecule has 3 atom stereocenters. The van der Waals surface area contributed by atoms with Gasteiger partial charge in [-0.2, -0.15) is 17.5 Å². The Bertz CT molecular complexity index is 1390. The molecule has 1 amide bonds. The van der Waals surface area contributed by atoms with Crippen molar-refractivity contribution in [2.24, 2.45) is 0 Å². The molecule has 1 N–H and O–H groups in total. The molecule has 0 saturated carbocycles. The van der Waals surface area contributed by atoms with Crippen LogP contribution in [0, 0.1) is 5.82 Å². The molecule has 2 aromatic heterocycles. The maximum Gasteiger partial charge on any atom is 0.451 e. The number of hydrogen-bond acceptors (Lipinski definition) is 6. The Labute approximate surface area is 208 Å². The zero-order valence-corrected chi connectivity index (χ0v) is 20.0. The minimum Gasteiger partial charge on any atom is -0.351 e. The molecule has 3 heterocycles. The number of alkyl halides is 4. The molecular formula is C23H20F5N5O3S. The van der Waals surface area contributed by atoms with Crippen LogP contribution in [-0.2, 0) is 27.5 Å². The maximum absolute atomic E-state index is 14.6. The van der Waals surface area contributed by atoms with E-state index in [1.165, 1.54) is 37.3 Å². The monoisotopic (exact) mass is 541 g/mol. The fourth-order valence-electron chi connectivity index (χ4n) is 3.96. The van der Waals surface area contributed by atoms with Crippen LogP contribution in [-0.4, -0.2) is 51.8 Å². The first-order chi connectivity index (χ1) is 17.4. The van der Waals surface area contributed by atoms with Gasteiger partial charge >= 0.3 is 6.18 Å². The van der Waals surface area contributed by atoms with E-state index in [9.17, 15) is 35.2 Å². The van der Waals surface area contributed by atoms with E-state index in [-0.39, 0.29) is 28.1 Å². The first kappa shape index (κ1) is 26.5. The van der Waals surface area contributed by atoms with Crippen molar-refractivity contribution < 1.29 is 35.2 Å². The fourth-order valence-corrected chi connectivity index (χ4v) is 5.79. The topological polar surface area (TPSA) is 105 Å². The highest BCUT2D eigenvalue weighted by atomic mass is 32.2. The molecule has 14 heteroatoms. The van der Waals surface area contributed by atoms with Crippen molar-refractivity contribution in [2.75, 3.05) is 0 Å². The molecule has 1 aliphatic heterocycles. The second kappa shape index (κ2) is 10.1. The van der Waals surface area contributed by atoms with Crippen LogP contribution in [0.2, 0.25) is 0 Å². The number of nitrogens with zero attached hydrogens (tertiary/aromatic N) is 4. The summed E-state index contributed by atoms with van der Waals surface area (Å²) >= 11 is 0. The van der Waals surface area contributed by atoms with E-state index in [1.54, 1.807) is 6.07 Å². The molecule has 1 saturated heterocycles. The van der Waals surface area contributed by atoms with Gasteiger partial charge < -0.3 is 5.32 Å². The SMILES string of the molecule is C[C@H]1[C@H](F)C[C@@H](C(=O)NCc2cc(-c3cnc(C(F)(F)F)nc3)ncc2F)N1S(=O)(=O)c1ccccc1. The Morgan fingerprint density at radius 1 is 1.11 bits per heavy atom. The van der Waals surface area contributed by atoms with Crippen LogP contribution in [0.5, 0.6) is 0 Å². The van der Waals surface area contributed by atoms with Crippen LogP contribution < -0.4 is 5.32 Å². The number of amides is 1. The molecule has 1 aromatic carbocycles. The summed E-state index contributed by atoms with van der Waals surface area (Å²) in [4.78, 5) is 23.1. The first-order valence-electron chi connectivity index (χ1n) is 10.9. The number of halogens is 5. The number of sulfonamides is 1. The number of pyridine rings is 1. The zero-order chi connectivity index (χ0) is 27.0. The first-order valence-corrected chi connectivity index (χ1v) is 12.4. The minimum atomic E-state index is -4.73. The summed E-state index contributed by atoms with van der Waals surface area (Å²) in [6.07, 6.45) is -4.14. The normalized spacial score (nSPS) is 20.6. The van der Waals surface area contributed by atoms with Crippen LogP contribution in [0.25, 0.3) is 11.3 Å². The van der Waals surface area contributed by atoms with E-state index in [1.807, 2.05) is 0 Å². The summed E-state index contributed by atoms with van der Waals surface area (Å²) < 4.78 is 94.1. The fraction of sp³-hybridized carbons (Fsp3) is 0.304. The molecule has 3 aromatic rings. The smallest absolute Gasteiger partial charge is 0.351 e. The average Bonchev–Trinajstić information content (AvgIpc) is 3.18. The van der Waals surface area contributed by atoms with Crippen molar-refractivity contribution >= 4 is 15.9 Å². The molecule has 1 aliphatic rings. The lowest BCUT2D eigenvalue weighted by Gasteiger charge is -2.26. The van der Waals surface area contributed by atoms with E-state index < -0.39 is 58.5 Å². The molecule has 8 nitrogen and oxygen atoms in total. The predicted octanol–water partition coefficient (Wildman–Crippen LogP) is 3.50. The van der Waals surface area contributed by atoms with E-state index in [4.69, 9.17) is 0 Å². The van der Waals surface area contributed by atoms with Gasteiger partial charge in [0.15, 0.2) is 0 Å². The molecule has 196 valence electrons. The standard InChI is InChI=1S/C23H20F5N5O3S/c1-13-17(24)8-20(33(13)37(35,36)16-5-3-2-4-6-16)21(34)30-9-14-7-19(29-12-18(14)25)15-10-31-22(32-11-15)23(26,27)28/h2-7,10-13,17,20H,8-9H2,1H3,(H,30,34)/t13-,17+,20-/m0/s1. The van der Waals surface area contributed by atoms with Gasteiger partial charge in [-0.25, -0.2) is 27.2 Å². The molecule has 0 unspecified atom stereocenters. The van der Waals surface area contributed by atoms with Gasteiger partial charge in [-0.15, -0.1) is 0 Å². The molecule has 0 radical (unpaired) electrons. The number of aromatic nitrogens is 3. The summed E-state index contributed by atoms with van der Waals surface area (Å²) in [7, 11) is -4.21. The van der Waals surface area contributed by atoms with Gasteiger partial charge in [-0.1, -0.05) is 18.2 Å². The third-order valence-electron chi connectivity index (χ3n) is 5.89. The van der Waals surface area contributed by atoms with Crippen molar-refractivity contribution in [1.82, 2.24) is 24.6 Å². The number of rotatable bonds is 6. The van der Waals surface area contributed by atoms with Gasteiger partial charge in [-0.3, -0.25) is 9.78 Å². The van der Waals surface area contributed by atoms with Crippen LogP contribution in [0.4, 0.5) is 22.0 Å². The third kappa shape index (κ3) is 5.44. The average molecular weight is 542 g/mol. The van der Waals surface area contributed by atoms with E-state index >= 15 is 0 Å². The summed E-state index contributed by atoms with van der Waals surface area (Å²) in [6, 6.07) is 6.00. The lowest BCUT2D eigenvalue weighted by Crippen LogP contribution is -2.48. The maximum atomic E-state index is 14.6. The van der Waals surface area contributed by atoms with Gasteiger partial charge in [0.05, 0.1) is 22.8 Å². The molecule has 37 heavy (non-hydrogen) atoms. The van der Waals surface area contributed by atoms with Gasteiger partial charge in [-0.05, 0) is 25.1 Å². The van der Waals surface area contributed by atoms with Gasteiger partial charge in [0, 0.05) is 36.5 Å². The quantitative estimate of drug-likeness (QED) is 0.479. The number of benzene rings is 1. The largest absolute Gasteiger partial charge is 0.451 e. The van der Waals surface area contributed by atoms with Crippen LogP contribution in [0.3, 0.4) is 0 Å². The van der Waals surface area contributed by atoms with Crippen molar-refractivity contribution in [3.05, 3.63) is 72.2 Å². The van der Waals surface area contributed by atoms with Gasteiger partial charge in [0.2, 0.25) is 21.8 Å². The second-order valence-electron chi connectivity index (χ2n) is 8.33. The summed E-state index contributed by atoms with van der Waals surface area (Å²) in [5, 5.41) is 2.42. The molecule has 0 spiro atoms. The van der Waals surface area contributed by atoms with Crippen molar-refractivity contribution in [2.45, 2.75) is 49.2 Å². The number of carbonyl (C=O) groups excluding carboxylic acids is 1. The highest BCUT2D eigenvalue weighted by Crippen LogP contribution is 2.33. The van der Waals surface area contributed by atoms with E-state index in [0.29, 0.717) is 0 Å². The highest BCUT2D eigenvalue weighted by molar-refractivity contribution is 7.89. The molecule has 1 fully saturated rings. The lowest BCUT2D eigenvalue weighted by molar-refractivity contribution is -0.145. The van der Waals surface area contributed by atoms with E-state index in [0.717, 1.165) is 22.9 Å². The predicted molar refractivity (Wildman–Crippen MR) is 120 cm³/mol. The van der Waals surface area contributed by atoms with Crippen LogP contribution >= 0.6 is 0 Å².